The molecular weight excluding hydrogens is 514 g/mol. The molecule has 0 saturated carbocycles. The number of carbonyl (C=O) groups is 2. The Balaban J connectivity index is 1.53. The summed E-state index contributed by atoms with van der Waals surface area (Å²) in [5.74, 6) is -0.928. The zero-order chi connectivity index (χ0) is 26.6. The molecule has 0 radical (unpaired) electrons. The number of benzene rings is 3. The molecule has 3 aromatic carbocycles. The quantitative estimate of drug-likeness (QED) is 0.374. The van der Waals surface area contributed by atoms with Gasteiger partial charge in [0.2, 0.25) is 0 Å². The normalized spacial score (nSPS) is 15.3. The first-order valence-corrected chi connectivity index (χ1v) is 13.7. The van der Waals surface area contributed by atoms with Crippen LogP contribution in [0.3, 0.4) is 0 Å². The Hall–Kier alpha value is -3.40. The van der Waals surface area contributed by atoms with Crippen molar-refractivity contribution in [1.29, 1.82) is 0 Å². The Morgan fingerprint density at radius 3 is 2.51 bits per heavy atom. The van der Waals surface area contributed by atoms with E-state index in [0.29, 0.717) is 24.5 Å². The number of hydrogen-bond donors (Lipinski definition) is 3. The van der Waals surface area contributed by atoms with Crippen LogP contribution in [0.15, 0.2) is 65.6 Å². The van der Waals surface area contributed by atoms with Crippen LogP contribution in [0.4, 0.5) is 11.4 Å². The van der Waals surface area contributed by atoms with Gasteiger partial charge in [0.1, 0.15) is 4.90 Å². The van der Waals surface area contributed by atoms with E-state index >= 15 is 0 Å². The van der Waals surface area contributed by atoms with E-state index in [9.17, 15) is 18.0 Å². The summed E-state index contributed by atoms with van der Waals surface area (Å²) in [5, 5.41) is 5.53. The van der Waals surface area contributed by atoms with E-state index < -0.39 is 15.9 Å². The van der Waals surface area contributed by atoms with Gasteiger partial charge in [-0.1, -0.05) is 41.4 Å². The summed E-state index contributed by atoms with van der Waals surface area (Å²) in [6.45, 7) is 4.78. The van der Waals surface area contributed by atoms with Gasteiger partial charge in [-0.05, 0) is 68.7 Å². The molecule has 0 bridgehead atoms. The van der Waals surface area contributed by atoms with Gasteiger partial charge in [0.15, 0.2) is 0 Å². The third-order valence-corrected chi connectivity index (χ3v) is 7.89. The van der Waals surface area contributed by atoms with E-state index in [1.807, 2.05) is 13.0 Å². The van der Waals surface area contributed by atoms with Crippen LogP contribution in [0, 0.1) is 13.8 Å². The minimum absolute atomic E-state index is 0.0163. The van der Waals surface area contributed by atoms with Gasteiger partial charge in [-0.15, -0.1) is 0 Å². The first kappa shape index (κ1) is 26.7. The number of ether oxygens (including phenoxy) is 1. The molecule has 1 heterocycles. The molecule has 0 unspecified atom stereocenters. The molecule has 37 heavy (non-hydrogen) atoms. The highest BCUT2D eigenvalue weighted by Gasteiger charge is 2.23. The van der Waals surface area contributed by atoms with Gasteiger partial charge < -0.3 is 15.4 Å². The molecule has 1 fully saturated rings. The van der Waals surface area contributed by atoms with Gasteiger partial charge in [-0.3, -0.25) is 14.3 Å². The number of amides is 2. The molecule has 0 spiro atoms. The molecule has 4 rings (SSSR count). The number of aryl methyl sites for hydroxylation is 2. The first-order chi connectivity index (χ1) is 17.6. The van der Waals surface area contributed by atoms with E-state index in [4.69, 9.17) is 16.3 Å². The lowest BCUT2D eigenvalue weighted by atomic mass is 10.1. The van der Waals surface area contributed by atoms with Gasteiger partial charge in [0, 0.05) is 18.7 Å². The fraction of sp³-hybridized carbons (Fsp3) is 0.259. The van der Waals surface area contributed by atoms with E-state index in [0.717, 1.165) is 24.0 Å². The lowest BCUT2D eigenvalue weighted by Crippen LogP contribution is -2.32. The Bertz CT molecular complexity index is 1440. The van der Waals surface area contributed by atoms with E-state index in [1.54, 1.807) is 43.3 Å². The Morgan fingerprint density at radius 1 is 1.00 bits per heavy atom. The molecule has 8 nitrogen and oxygen atoms in total. The summed E-state index contributed by atoms with van der Waals surface area (Å²) in [5.41, 5.74) is 2.82. The highest BCUT2D eigenvalue weighted by atomic mass is 35.5. The molecule has 2 amide bonds. The highest BCUT2D eigenvalue weighted by molar-refractivity contribution is 7.92. The average molecular weight is 542 g/mol. The summed E-state index contributed by atoms with van der Waals surface area (Å²) in [6.07, 6.45) is 1.84. The molecule has 3 aromatic rings. The van der Waals surface area contributed by atoms with Gasteiger partial charge in [-0.25, -0.2) is 8.42 Å². The average Bonchev–Trinajstić information content (AvgIpc) is 3.38. The second-order valence-electron chi connectivity index (χ2n) is 8.91. The topological polar surface area (TPSA) is 114 Å². The first-order valence-electron chi connectivity index (χ1n) is 11.8. The lowest BCUT2D eigenvalue weighted by Gasteiger charge is -2.15. The second-order valence-corrected chi connectivity index (χ2v) is 11.0. The number of sulfonamides is 1. The van der Waals surface area contributed by atoms with E-state index in [1.165, 1.54) is 18.2 Å². The van der Waals surface area contributed by atoms with Crippen molar-refractivity contribution in [1.82, 2.24) is 5.32 Å². The van der Waals surface area contributed by atoms with Gasteiger partial charge in [0.25, 0.3) is 21.8 Å². The van der Waals surface area contributed by atoms with Gasteiger partial charge in [-0.2, -0.15) is 0 Å². The number of halogens is 1. The molecule has 0 aromatic heterocycles. The van der Waals surface area contributed by atoms with Crippen LogP contribution in [0.1, 0.15) is 44.7 Å². The van der Waals surface area contributed by atoms with Gasteiger partial charge in [0.05, 0.1) is 28.1 Å². The fourth-order valence-corrected chi connectivity index (χ4v) is 5.73. The van der Waals surface area contributed by atoms with Crippen molar-refractivity contribution < 1.29 is 22.7 Å². The monoisotopic (exact) mass is 541 g/mol. The lowest BCUT2D eigenvalue weighted by molar-refractivity contribution is 0.0858. The van der Waals surface area contributed by atoms with Crippen LogP contribution in [-0.2, 0) is 14.8 Å². The summed E-state index contributed by atoms with van der Waals surface area (Å²) >= 11 is 6.22. The largest absolute Gasteiger partial charge is 0.376 e. The number of rotatable bonds is 8. The van der Waals surface area contributed by atoms with Crippen molar-refractivity contribution in [2.24, 2.45) is 0 Å². The van der Waals surface area contributed by atoms with Gasteiger partial charge >= 0.3 is 0 Å². The third kappa shape index (κ3) is 6.49. The molecule has 10 heteroatoms. The number of anilines is 2. The van der Waals surface area contributed by atoms with Crippen LogP contribution < -0.4 is 15.4 Å². The molecule has 0 aliphatic carbocycles. The number of para-hydroxylation sites is 1. The highest BCUT2D eigenvalue weighted by Crippen LogP contribution is 2.27. The summed E-state index contributed by atoms with van der Waals surface area (Å²) in [7, 11) is -4.08. The van der Waals surface area contributed by atoms with Crippen LogP contribution in [-0.4, -0.2) is 39.5 Å². The maximum atomic E-state index is 13.1. The van der Waals surface area contributed by atoms with Crippen molar-refractivity contribution in [3.05, 3.63) is 87.9 Å². The van der Waals surface area contributed by atoms with Crippen LogP contribution >= 0.6 is 11.6 Å². The van der Waals surface area contributed by atoms with Crippen LogP contribution in [0.5, 0.6) is 0 Å². The smallest absolute Gasteiger partial charge is 0.263 e. The second kappa shape index (κ2) is 11.3. The summed E-state index contributed by atoms with van der Waals surface area (Å²) in [4.78, 5) is 25.6. The van der Waals surface area contributed by atoms with Crippen molar-refractivity contribution in [3.8, 4) is 0 Å². The molecular formula is C27H28ClN3O5S. The maximum Gasteiger partial charge on any atom is 0.263 e. The predicted molar refractivity (Wildman–Crippen MR) is 144 cm³/mol. The molecule has 1 atom stereocenters. The minimum Gasteiger partial charge on any atom is -0.376 e. The number of carbonyl (C=O) groups excluding carboxylic acids is 2. The Morgan fingerprint density at radius 2 is 1.78 bits per heavy atom. The summed E-state index contributed by atoms with van der Waals surface area (Å²) < 4.78 is 34.3. The predicted octanol–water partition coefficient (Wildman–Crippen LogP) is 4.92. The number of hydrogen-bond acceptors (Lipinski definition) is 5. The molecule has 1 aliphatic heterocycles. The minimum atomic E-state index is -4.08. The fourth-order valence-electron chi connectivity index (χ4n) is 4.07. The number of nitrogens with one attached hydrogen (secondary N) is 3. The molecule has 194 valence electrons. The maximum absolute atomic E-state index is 13.1. The Labute approximate surface area is 221 Å². The molecule has 1 saturated heterocycles. The standard InChI is InChI=1S/C27H28ClN3O5S/c1-17-9-12-23(18(2)14-17)31-37(34,35)25-15-19(10-11-22(25)28)26(32)30-24-8-4-3-7-21(24)27(33)29-16-20-6-5-13-36-20/h3-4,7-12,14-15,20,31H,5-6,13,16H2,1-2H3,(H,29,33)(H,30,32)/t20-/m0/s1. The zero-order valence-electron chi connectivity index (χ0n) is 20.5. The molecule has 1 aliphatic rings. The zero-order valence-corrected chi connectivity index (χ0v) is 22.1. The van der Waals surface area contributed by atoms with Crippen molar-refractivity contribution in [3.63, 3.8) is 0 Å². The van der Waals surface area contributed by atoms with Crippen molar-refractivity contribution in [2.75, 3.05) is 23.2 Å². The molecule has 3 N–H and O–H groups in total. The third-order valence-electron chi connectivity index (χ3n) is 6.04. The SMILES string of the molecule is Cc1ccc(NS(=O)(=O)c2cc(C(=O)Nc3ccccc3C(=O)NC[C@@H]3CCCO3)ccc2Cl)c(C)c1. The van der Waals surface area contributed by atoms with Crippen LogP contribution in [0.25, 0.3) is 0 Å². The summed E-state index contributed by atoms with van der Waals surface area (Å²) in [6, 6.07) is 15.9. The van der Waals surface area contributed by atoms with E-state index in [-0.39, 0.29) is 33.1 Å². The van der Waals surface area contributed by atoms with Crippen LogP contribution in [0.2, 0.25) is 5.02 Å². The Kier molecular flexibility index (Phi) is 8.16. The van der Waals surface area contributed by atoms with E-state index in [2.05, 4.69) is 15.4 Å². The van der Waals surface area contributed by atoms with Crippen molar-refractivity contribution in [2.45, 2.75) is 37.7 Å². The van der Waals surface area contributed by atoms with Crippen molar-refractivity contribution >= 4 is 44.8 Å².